The highest BCUT2D eigenvalue weighted by molar-refractivity contribution is 7.56. The topological polar surface area (TPSA) is 46.5 Å². The monoisotopic (exact) mass is 212 g/mol. The number of benzene rings is 1. The van der Waals surface area contributed by atoms with E-state index in [1.165, 1.54) is 0 Å². The average Bonchev–Trinajstić information content (AvgIpc) is 2.11. The normalized spacial score (nSPS) is 14.5. The summed E-state index contributed by atoms with van der Waals surface area (Å²) in [4.78, 5) is 9.15. The Morgan fingerprint density at radius 1 is 1.43 bits per heavy atom. The van der Waals surface area contributed by atoms with Crippen LogP contribution in [-0.4, -0.2) is 4.89 Å². The lowest BCUT2D eigenvalue weighted by molar-refractivity contribution is 0.392. The molecule has 0 aliphatic carbocycles. The van der Waals surface area contributed by atoms with Gasteiger partial charge in [-0.25, -0.2) is 4.57 Å². The van der Waals surface area contributed by atoms with E-state index in [4.69, 9.17) is 9.42 Å². The lowest BCUT2D eigenvalue weighted by Gasteiger charge is -2.10. The van der Waals surface area contributed by atoms with E-state index in [0.29, 0.717) is 5.75 Å². The molecule has 0 spiro atoms. The SMILES string of the molecule is C=CP(=O)(O)Oc1ccc(C)c(C)c1. The molecule has 0 heterocycles. The molecule has 1 N–H and O–H groups in total. The summed E-state index contributed by atoms with van der Waals surface area (Å²) in [7, 11) is -3.67. The average molecular weight is 212 g/mol. The van der Waals surface area contributed by atoms with Gasteiger partial charge in [-0.05, 0) is 37.1 Å². The number of aryl methyl sites for hydroxylation is 2. The summed E-state index contributed by atoms with van der Waals surface area (Å²) in [5, 5.41) is 0. The van der Waals surface area contributed by atoms with Gasteiger partial charge in [-0.2, -0.15) is 0 Å². The van der Waals surface area contributed by atoms with E-state index in [1.54, 1.807) is 12.1 Å². The Bertz CT molecular complexity index is 398. The Labute approximate surface area is 83.6 Å². The van der Waals surface area contributed by atoms with Crippen LogP contribution in [0.3, 0.4) is 0 Å². The summed E-state index contributed by atoms with van der Waals surface area (Å²) in [5.41, 5.74) is 2.13. The van der Waals surface area contributed by atoms with Crippen LogP contribution in [0.5, 0.6) is 5.75 Å². The quantitative estimate of drug-likeness (QED) is 0.783. The summed E-state index contributed by atoms with van der Waals surface area (Å²) >= 11 is 0. The van der Waals surface area contributed by atoms with Crippen molar-refractivity contribution >= 4 is 7.60 Å². The van der Waals surface area contributed by atoms with Crippen molar-refractivity contribution in [3.05, 3.63) is 41.7 Å². The predicted octanol–water partition coefficient (Wildman–Crippen LogP) is 3.01. The molecule has 1 atom stereocenters. The predicted molar refractivity (Wildman–Crippen MR) is 56.6 cm³/mol. The van der Waals surface area contributed by atoms with Gasteiger partial charge in [0.05, 0.1) is 0 Å². The van der Waals surface area contributed by atoms with Crippen LogP contribution in [0.2, 0.25) is 0 Å². The first-order valence-electron chi connectivity index (χ1n) is 4.17. The molecular formula is C10H13O3P. The minimum Gasteiger partial charge on any atom is -0.422 e. The van der Waals surface area contributed by atoms with Crippen LogP contribution in [0.15, 0.2) is 30.6 Å². The molecule has 76 valence electrons. The lowest BCUT2D eigenvalue weighted by Crippen LogP contribution is -1.90. The van der Waals surface area contributed by atoms with Crippen molar-refractivity contribution in [3.63, 3.8) is 0 Å². The van der Waals surface area contributed by atoms with E-state index in [0.717, 1.165) is 16.9 Å². The Kier molecular flexibility index (Phi) is 3.14. The van der Waals surface area contributed by atoms with Gasteiger partial charge in [-0.3, -0.25) is 0 Å². The smallest absolute Gasteiger partial charge is 0.400 e. The van der Waals surface area contributed by atoms with Gasteiger partial charge in [0.15, 0.2) is 0 Å². The maximum absolute atomic E-state index is 11.2. The highest BCUT2D eigenvalue weighted by Crippen LogP contribution is 2.43. The van der Waals surface area contributed by atoms with E-state index in [9.17, 15) is 4.57 Å². The van der Waals surface area contributed by atoms with Gasteiger partial charge in [-0.1, -0.05) is 12.6 Å². The number of hydrogen-bond acceptors (Lipinski definition) is 2. The first-order chi connectivity index (χ1) is 6.44. The minimum atomic E-state index is -3.67. The third-order valence-corrected chi connectivity index (χ3v) is 2.88. The van der Waals surface area contributed by atoms with Gasteiger partial charge >= 0.3 is 7.60 Å². The summed E-state index contributed by atoms with van der Waals surface area (Å²) in [6.07, 6.45) is 0. The maximum atomic E-state index is 11.2. The first-order valence-corrected chi connectivity index (χ1v) is 5.82. The van der Waals surface area contributed by atoms with Crippen molar-refractivity contribution in [1.29, 1.82) is 0 Å². The van der Waals surface area contributed by atoms with Gasteiger partial charge in [-0.15, -0.1) is 0 Å². The van der Waals surface area contributed by atoms with Crippen molar-refractivity contribution in [1.82, 2.24) is 0 Å². The molecule has 0 fully saturated rings. The fraction of sp³-hybridized carbons (Fsp3) is 0.200. The zero-order chi connectivity index (χ0) is 10.8. The molecule has 0 aliphatic heterocycles. The van der Waals surface area contributed by atoms with Gasteiger partial charge in [0.25, 0.3) is 0 Å². The van der Waals surface area contributed by atoms with Gasteiger partial charge in [0.1, 0.15) is 5.75 Å². The van der Waals surface area contributed by atoms with Crippen molar-refractivity contribution in [2.75, 3.05) is 0 Å². The number of hydrogen-bond donors (Lipinski definition) is 1. The van der Waals surface area contributed by atoms with Crippen LogP contribution in [0, 0.1) is 13.8 Å². The maximum Gasteiger partial charge on any atom is 0.400 e. The standard InChI is InChI=1S/C10H13O3P/c1-4-14(11,12)13-10-6-5-8(2)9(3)7-10/h4-7H,1H2,2-3H3,(H,11,12). The van der Waals surface area contributed by atoms with E-state index < -0.39 is 7.60 Å². The summed E-state index contributed by atoms with van der Waals surface area (Å²) in [6.45, 7) is 7.11. The Balaban J connectivity index is 2.94. The fourth-order valence-corrected chi connectivity index (χ4v) is 1.45. The second kappa shape index (κ2) is 3.99. The number of rotatable bonds is 3. The second-order valence-corrected chi connectivity index (χ2v) is 4.76. The molecule has 0 saturated carbocycles. The zero-order valence-corrected chi connectivity index (χ0v) is 9.12. The van der Waals surface area contributed by atoms with Crippen molar-refractivity contribution in [2.45, 2.75) is 13.8 Å². The van der Waals surface area contributed by atoms with E-state index >= 15 is 0 Å². The molecule has 14 heavy (non-hydrogen) atoms. The van der Waals surface area contributed by atoms with Crippen LogP contribution >= 0.6 is 7.60 Å². The van der Waals surface area contributed by atoms with Crippen molar-refractivity contribution < 1.29 is 14.0 Å². The first kappa shape index (κ1) is 11.0. The molecule has 3 nitrogen and oxygen atoms in total. The van der Waals surface area contributed by atoms with Crippen molar-refractivity contribution in [3.8, 4) is 5.75 Å². The van der Waals surface area contributed by atoms with Gasteiger partial charge < -0.3 is 9.42 Å². The molecule has 0 aliphatic rings. The molecule has 0 bridgehead atoms. The molecule has 1 aromatic rings. The lowest BCUT2D eigenvalue weighted by atomic mass is 10.1. The van der Waals surface area contributed by atoms with Crippen LogP contribution in [0.25, 0.3) is 0 Å². The van der Waals surface area contributed by atoms with Crippen molar-refractivity contribution in [2.24, 2.45) is 0 Å². The van der Waals surface area contributed by atoms with Crippen LogP contribution in [0.4, 0.5) is 0 Å². The summed E-state index contributed by atoms with van der Waals surface area (Å²) < 4.78 is 16.0. The largest absolute Gasteiger partial charge is 0.422 e. The molecule has 1 rings (SSSR count). The summed E-state index contributed by atoms with van der Waals surface area (Å²) in [6, 6.07) is 5.23. The third-order valence-electron chi connectivity index (χ3n) is 1.95. The van der Waals surface area contributed by atoms with Gasteiger partial charge in [0, 0.05) is 5.82 Å². The van der Waals surface area contributed by atoms with E-state index in [-0.39, 0.29) is 0 Å². The Hall–Kier alpha value is -1.05. The zero-order valence-electron chi connectivity index (χ0n) is 8.23. The molecular weight excluding hydrogens is 199 g/mol. The minimum absolute atomic E-state index is 0.388. The highest BCUT2D eigenvalue weighted by Gasteiger charge is 2.14. The van der Waals surface area contributed by atoms with Gasteiger partial charge in [0.2, 0.25) is 0 Å². The molecule has 1 aromatic carbocycles. The fourth-order valence-electron chi connectivity index (χ4n) is 0.959. The summed E-state index contributed by atoms with van der Waals surface area (Å²) in [5.74, 6) is 1.31. The van der Waals surface area contributed by atoms with Crippen LogP contribution < -0.4 is 4.52 Å². The Morgan fingerprint density at radius 2 is 2.07 bits per heavy atom. The molecule has 1 unspecified atom stereocenters. The third kappa shape index (κ3) is 2.72. The van der Waals surface area contributed by atoms with E-state index in [1.807, 2.05) is 19.9 Å². The van der Waals surface area contributed by atoms with Crippen LogP contribution in [-0.2, 0) is 4.57 Å². The molecule has 4 heteroatoms. The second-order valence-electron chi connectivity index (χ2n) is 3.08. The molecule has 0 amide bonds. The van der Waals surface area contributed by atoms with Crippen LogP contribution in [0.1, 0.15) is 11.1 Å². The molecule has 0 aromatic heterocycles. The van der Waals surface area contributed by atoms with E-state index in [2.05, 4.69) is 6.58 Å². The molecule has 0 saturated heterocycles. The highest BCUT2D eigenvalue weighted by atomic mass is 31.2. The molecule has 0 radical (unpaired) electrons. The Morgan fingerprint density at radius 3 is 2.57 bits per heavy atom.